The summed E-state index contributed by atoms with van der Waals surface area (Å²) in [6, 6.07) is 5.18. The van der Waals surface area contributed by atoms with E-state index < -0.39 is 0 Å². The van der Waals surface area contributed by atoms with Crippen molar-refractivity contribution in [2.45, 2.75) is 13.3 Å². The number of anilines is 1. The van der Waals surface area contributed by atoms with Crippen molar-refractivity contribution in [3.8, 4) is 6.07 Å². The molecule has 0 aliphatic heterocycles. The number of pyridine rings is 1. The molecular formula is C13H17ClN4O. The Labute approximate surface area is 118 Å². The molecule has 19 heavy (non-hydrogen) atoms. The zero-order valence-corrected chi connectivity index (χ0v) is 12.1. The summed E-state index contributed by atoms with van der Waals surface area (Å²) in [7, 11) is 3.41. The number of hydrogen-bond acceptors (Lipinski definition) is 4. The average Bonchev–Trinajstić information content (AvgIpc) is 2.37. The zero-order chi connectivity index (χ0) is 14.4. The number of carbonyl (C=O) groups is 1. The largest absolute Gasteiger partial charge is 0.347 e. The molecule has 1 aromatic rings. The molecular weight excluding hydrogens is 264 g/mol. The first-order valence-electron chi connectivity index (χ1n) is 6.00. The minimum atomic E-state index is -0.0197. The molecule has 0 atom stereocenters. The molecule has 1 amide bonds. The Bertz CT molecular complexity index is 496. The van der Waals surface area contributed by atoms with Gasteiger partial charge in [-0.05, 0) is 18.6 Å². The van der Waals surface area contributed by atoms with E-state index in [1.807, 2.05) is 17.9 Å². The summed E-state index contributed by atoms with van der Waals surface area (Å²) in [5.74, 6) is 0.537. The van der Waals surface area contributed by atoms with Gasteiger partial charge in [0.25, 0.3) is 0 Å². The fourth-order valence-corrected chi connectivity index (χ4v) is 1.76. The van der Waals surface area contributed by atoms with Gasteiger partial charge in [-0.25, -0.2) is 4.98 Å². The summed E-state index contributed by atoms with van der Waals surface area (Å²) in [6.07, 6.45) is 0.872. The fraction of sp³-hybridized carbons (Fsp3) is 0.462. The van der Waals surface area contributed by atoms with E-state index in [2.05, 4.69) is 4.98 Å². The van der Waals surface area contributed by atoms with Gasteiger partial charge >= 0.3 is 0 Å². The standard InChI is InChI=1S/C13H17ClN4O/c1-4-5-18(9-13(19)17(2)3)12-7-10(8-15)6-11(14)16-12/h6-7H,4-5,9H2,1-3H3. The Hall–Kier alpha value is -1.80. The third-order valence-corrected chi connectivity index (χ3v) is 2.75. The van der Waals surface area contributed by atoms with Crippen molar-refractivity contribution in [2.75, 3.05) is 32.1 Å². The highest BCUT2D eigenvalue weighted by Gasteiger charge is 2.14. The van der Waals surface area contributed by atoms with Crippen LogP contribution in [0.2, 0.25) is 5.15 Å². The minimum Gasteiger partial charge on any atom is -0.347 e. The number of nitriles is 1. The number of halogens is 1. The van der Waals surface area contributed by atoms with Crippen LogP contribution in [0.5, 0.6) is 0 Å². The monoisotopic (exact) mass is 280 g/mol. The van der Waals surface area contributed by atoms with Crippen molar-refractivity contribution < 1.29 is 4.79 Å². The lowest BCUT2D eigenvalue weighted by Gasteiger charge is -2.24. The van der Waals surface area contributed by atoms with Gasteiger partial charge in [-0.2, -0.15) is 5.26 Å². The first-order valence-corrected chi connectivity index (χ1v) is 6.38. The topological polar surface area (TPSA) is 60.2 Å². The van der Waals surface area contributed by atoms with Crippen LogP contribution < -0.4 is 4.90 Å². The van der Waals surface area contributed by atoms with Crippen LogP contribution in [0.1, 0.15) is 18.9 Å². The molecule has 0 saturated carbocycles. The van der Waals surface area contributed by atoms with E-state index in [0.29, 0.717) is 17.9 Å². The maximum absolute atomic E-state index is 11.8. The van der Waals surface area contributed by atoms with Crippen molar-refractivity contribution in [1.29, 1.82) is 5.26 Å². The number of amides is 1. The number of likely N-dealkylation sites (N-methyl/N-ethyl adjacent to an activating group) is 1. The summed E-state index contributed by atoms with van der Waals surface area (Å²) in [6.45, 7) is 2.92. The Kier molecular flexibility index (Phi) is 5.58. The molecule has 1 aromatic heterocycles. The smallest absolute Gasteiger partial charge is 0.241 e. The lowest BCUT2D eigenvalue weighted by atomic mass is 10.2. The van der Waals surface area contributed by atoms with Crippen LogP contribution >= 0.6 is 11.6 Å². The molecule has 1 heterocycles. The predicted molar refractivity (Wildman–Crippen MR) is 75.2 cm³/mol. The van der Waals surface area contributed by atoms with E-state index >= 15 is 0 Å². The summed E-state index contributed by atoms with van der Waals surface area (Å²) in [5.41, 5.74) is 0.438. The lowest BCUT2D eigenvalue weighted by molar-refractivity contribution is -0.127. The summed E-state index contributed by atoms with van der Waals surface area (Å²) < 4.78 is 0. The first-order chi connectivity index (χ1) is 8.97. The maximum Gasteiger partial charge on any atom is 0.241 e. The number of carbonyl (C=O) groups excluding carboxylic acids is 1. The Balaban J connectivity index is 3.02. The maximum atomic E-state index is 11.8. The quantitative estimate of drug-likeness (QED) is 0.773. The third-order valence-electron chi connectivity index (χ3n) is 2.55. The lowest BCUT2D eigenvalue weighted by Crippen LogP contribution is -2.37. The molecule has 102 valence electrons. The van der Waals surface area contributed by atoms with Crippen molar-refractivity contribution in [3.63, 3.8) is 0 Å². The van der Waals surface area contributed by atoms with Crippen LogP contribution in [0.4, 0.5) is 5.82 Å². The van der Waals surface area contributed by atoms with Gasteiger partial charge in [-0.3, -0.25) is 4.79 Å². The van der Waals surface area contributed by atoms with E-state index in [0.717, 1.165) is 6.42 Å². The molecule has 0 aromatic carbocycles. The molecule has 0 unspecified atom stereocenters. The number of rotatable bonds is 5. The predicted octanol–water partition coefficient (Wildman–Crippen LogP) is 1.91. The minimum absolute atomic E-state index is 0.0197. The van der Waals surface area contributed by atoms with Gasteiger partial charge in [-0.15, -0.1) is 0 Å². The van der Waals surface area contributed by atoms with Crippen molar-refractivity contribution >= 4 is 23.3 Å². The van der Waals surface area contributed by atoms with Crippen LogP contribution in [-0.2, 0) is 4.79 Å². The summed E-state index contributed by atoms with van der Waals surface area (Å²) >= 11 is 5.89. The zero-order valence-electron chi connectivity index (χ0n) is 11.4. The molecule has 0 aliphatic carbocycles. The molecule has 0 N–H and O–H groups in total. The summed E-state index contributed by atoms with van der Waals surface area (Å²) in [4.78, 5) is 19.3. The third kappa shape index (κ3) is 4.42. The van der Waals surface area contributed by atoms with Gasteiger partial charge in [0.2, 0.25) is 5.91 Å². The highest BCUT2D eigenvalue weighted by Crippen LogP contribution is 2.18. The Morgan fingerprint density at radius 3 is 2.68 bits per heavy atom. The molecule has 0 saturated heterocycles. The van der Waals surface area contributed by atoms with Gasteiger partial charge in [0.1, 0.15) is 11.0 Å². The highest BCUT2D eigenvalue weighted by atomic mass is 35.5. The van der Waals surface area contributed by atoms with Gasteiger partial charge in [-0.1, -0.05) is 18.5 Å². The van der Waals surface area contributed by atoms with E-state index in [1.54, 1.807) is 20.2 Å². The molecule has 6 heteroatoms. The molecule has 0 spiro atoms. The van der Waals surface area contributed by atoms with E-state index in [9.17, 15) is 4.79 Å². The van der Waals surface area contributed by atoms with E-state index in [1.165, 1.54) is 11.0 Å². The van der Waals surface area contributed by atoms with Crippen molar-refractivity contribution in [1.82, 2.24) is 9.88 Å². The van der Waals surface area contributed by atoms with Gasteiger partial charge in [0.05, 0.1) is 18.2 Å². The number of aromatic nitrogens is 1. The molecule has 5 nitrogen and oxygen atoms in total. The van der Waals surface area contributed by atoms with Gasteiger partial charge in [0.15, 0.2) is 0 Å². The van der Waals surface area contributed by atoms with Crippen LogP contribution in [0.25, 0.3) is 0 Å². The second kappa shape index (κ2) is 6.95. The average molecular weight is 281 g/mol. The second-order valence-electron chi connectivity index (χ2n) is 4.36. The van der Waals surface area contributed by atoms with Crippen LogP contribution in [0, 0.1) is 11.3 Å². The van der Waals surface area contributed by atoms with Crippen molar-refractivity contribution in [2.24, 2.45) is 0 Å². The number of hydrogen-bond donors (Lipinski definition) is 0. The van der Waals surface area contributed by atoms with E-state index in [-0.39, 0.29) is 17.6 Å². The Morgan fingerprint density at radius 1 is 1.47 bits per heavy atom. The molecule has 0 aliphatic rings. The highest BCUT2D eigenvalue weighted by molar-refractivity contribution is 6.29. The van der Waals surface area contributed by atoms with Gasteiger partial charge in [0, 0.05) is 20.6 Å². The second-order valence-corrected chi connectivity index (χ2v) is 4.75. The fourth-order valence-electron chi connectivity index (χ4n) is 1.56. The van der Waals surface area contributed by atoms with Crippen LogP contribution in [0.15, 0.2) is 12.1 Å². The first kappa shape index (κ1) is 15.3. The molecule has 1 rings (SSSR count). The molecule has 0 fully saturated rings. The van der Waals surface area contributed by atoms with Crippen LogP contribution in [-0.4, -0.2) is 43.0 Å². The molecule has 0 radical (unpaired) electrons. The number of nitrogens with zero attached hydrogens (tertiary/aromatic N) is 4. The van der Waals surface area contributed by atoms with Crippen LogP contribution in [0.3, 0.4) is 0 Å². The summed E-state index contributed by atoms with van der Waals surface area (Å²) in [5, 5.41) is 9.20. The molecule has 0 bridgehead atoms. The normalized spacial score (nSPS) is 9.84. The SMILES string of the molecule is CCCN(CC(=O)N(C)C)c1cc(C#N)cc(Cl)n1. The van der Waals surface area contributed by atoms with Gasteiger partial charge < -0.3 is 9.80 Å². The van der Waals surface area contributed by atoms with Crippen molar-refractivity contribution in [3.05, 3.63) is 22.8 Å². The Morgan fingerprint density at radius 2 is 2.16 bits per heavy atom. The van der Waals surface area contributed by atoms with E-state index in [4.69, 9.17) is 16.9 Å².